The molecule has 0 saturated heterocycles. The zero-order chi connectivity index (χ0) is 14.2. The van der Waals surface area contributed by atoms with Crippen molar-refractivity contribution in [1.82, 2.24) is 0 Å². The van der Waals surface area contributed by atoms with Gasteiger partial charge in [-0.3, -0.25) is 14.4 Å². The highest BCUT2D eigenvalue weighted by molar-refractivity contribution is 6.27. The second-order valence-electron chi connectivity index (χ2n) is 4.30. The van der Waals surface area contributed by atoms with E-state index in [-0.39, 0.29) is 18.4 Å². The van der Waals surface area contributed by atoms with E-state index in [9.17, 15) is 27.6 Å². The minimum absolute atomic E-state index is 0.0237. The number of halogens is 3. The number of rotatable bonds is 2. The van der Waals surface area contributed by atoms with E-state index in [2.05, 4.69) is 0 Å². The lowest BCUT2D eigenvalue weighted by atomic mass is 9.94. The van der Waals surface area contributed by atoms with Crippen molar-refractivity contribution in [2.24, 2.45) is 5.92 Å². The van der Waals surface area contributed by atoms with Gasteiger partial charge in [-0.2, -0.15) is 13.2 Å². The van der Waals surface area contributed by atoms with Crippen LogP contribution in [0.5, 0.6) is 0 Å². The van der Waals surface area contributed by atoms with E-state index in [0.29, 0.717) is 0 Å². The van der Waals surface area contributed by atoms with Gasteiger partial charge >= 0.3 is 6.18 Å². The third-order valence-corrected chi connectivity index (χ3v) is 3.02. The summed E-state index contributed by atoms with van der Waals surface area (Å²) < 4.78 is 37.1. The molecular weight excluding hydrogens is 261 g/mol. The minimum Gasteiger partial charge on any atom is -0.298 e. The molecule has 2 rings (SSSR count). The highest BCUT2D eigenvalue weighted by Crippen LogP contribution is 2.30. The number of alkyl halides is 3. The Kier molecular flexibility index (Phi) is 3.26. The summed E-state index contributed by atoms with van der Waals surface area (Å²) in [7, 11) is 0. The molecule has 0 N–H and O–H groups in total. The van der Waals surface area contributed by atoms with Crippen molar-refractivity contribution in [3.8, 4) is 0 Å². The zero-order valence-electron chi connectivity index (χ0n) is 9.66. The largest absolute Gasteiger partial charge is 0.416 e. The van der Waals surface area contributed by atoms with Crippen LogP contribution in [0.15, 0.2) is 24.3 Å². The molecule has 0 amide bonds. The van der Waals surface area contributed by atoms with Crippen molar-refractivity contribution in [2.45, 2.75) is 19.0 Å². The summed E-state index contributed by atoms with van der Waals surface area (Å²) in [6, 6.07) is 3.50. The predicted octanol–water partition coefficient (Wildman–Crippen LogP) is 2.44. The lowest BCUT2D eigenvalue weighted by Crippen LogP contribution is -2.25. The average molecular weight is 270 g/mol. The molecule has 1 aliphatic rings. The molecular formula is C13H9F3O3. The second-order valence-corrected chi connectivity index (χ2v) is 4.30. The Labute approximate surface area is 106 Å². The molecule has 1 aromatic rings. The molecule has 1 saturated carbocycles. The van der Waals surface area contributed by atoms with Gasteiger partial charge in [-0.05, 0) is 12.1 Å². The number of Topliss-reactive ketones (excluding diaryl/α,β-unsaturated/α-hetero) is 3. The van der Waals surface area contributed by atoms with Crippen LogP contribution < -0.4 is 0 Å². The zero-order valence-corrected chi connectivity index (χ0v) is 9.66. The summed E-state index contributed by atoms with van der Waals surface area (Å²) in [5, 5.41) is 0. The number of hydrogen-bond acceptors (Lipinski definition) is 3. The molecule has 0 heterocycles. The van der Waals surface area contributed by atoms with Gasteiger partial charge in [0.1, 0.15) is 5.92 Å². The molecule has 3 nitrogen and oxygen atoms in total. The maximum Gasteiger partial charge on any atom is 0.416 e. The van der Waals surface area contributed by atoms with Crippen LogP contribution in [0.2, 0.25) is 0 Å². The fraction of sp³-hybridized carbons (Fsp3) is 0.308. The van der Waals surface area contributed by atoms with E-state index in [1.165, 1.54) is 0 Å². The first-order chi connectivity index (χ1) is 8.80. The van der Waals surface area contributed by atoms with E-state index in [0.717, 1.165) is 24.3 Å². The molecule has 100 valence electrons. The van der Waals surface area contributed by atoms with Crippen molar-refractivity contribution < 1.29 is 27.6 Å². The quantitative estimate of drug-likeness (QED) is 0.612. The molecule has 6 heteroatoms. The first-order valence-electron chi connectivity index (χ1n) is 5.57. The van der Waals surface area contributed by atoms with Crippen LogP contribution in [-0.4, -0.2) is 17.3 Å². The number of hydrogen-bond donors (Lipinski definition) is 0. The van der Waals surface area contributed by atoms with Gasteiger partial charge in [-0.25, -0.2) is 0 Å². The maximum absolute atomic E-state index is 12.4. The lowest BCUT2D eigenvalue weighted by Gasteiger charge is -2.09. The lowest BCUT2D eigenvalue weighted by molar-refractivity contribution is -0.137. The van der Waals surface area contributed by atoms with Gasteiger partial charge in [0.2, 0.25) is 0 Å². The number of carbonyl (C=O) groups is 3. The van der Waals surface area contributed by atoms with E-state index in [1.54, 1.807) is 0 Å². The van der Waals surface area contributed by atoms with Gasteiger partial charge in [-0.15, -0.1) is 0 Å². The summed E-state index contributed by atoms with van der Waals surface area (Å²) in [6.07, 6.45) is -4.44. The standard InChI is InChI=1S/C13H9F3O3/c14-13(15,16)8-3-1-7(2-4-8)12(19)11-9(17)5-6-10(11)18/h1-4,11H,5-6H2. The summed E-state index contributed by atoms with van der Waals surface area (Å²) in [6.45, 7) is 0. The van der Waals surface area contributed by atoms with E-state index in [4.69, 9.17) is 0 Å². The van der Waals surface area contributed by atoms with Crippen LogP contribution in [-0.2, 0) is 15.8 Å². The Balaban J connectivity index is 2.25. The number of carbonyl (C=O) groups excluding carboxylic acids is 3. The predicted molar refractivity (Wildman–Crippen MR) is 58.5 cm³/mol. The van der Waals surface area contributed by atoms with Gasteiger partial charge in [0, 0.05) is 18.4 Å². The summed E-state index contributed by atoms with van der Waals surface area (Å²) in [5.74, 6) is -2.98. The third kappa shape index (κ3) is 2.57. The van der Waals surface area contributed by atoms with Crippen LogP contribution in [0.4, 0.5) is 13.2 Å². The van der Waals surface area contributed by atoms with E-state index in [1.807, 2.05) is 0 Å². The van der Waals surface area contributed by atoms with Crippen molar-refractivity contribution in [2.75, 3.05) is 0 Å². The molecule has 0 spiro atoms. The highest BCUT2D eigenvalue weighted by Gasteiger charge is 2.39. The molecule has 1 aromatic carbocycles. The van der Waals surface area contributed by atoms with Gasteiger partial charge in [0.05, 0.1) is 5.56 Å². The monoisotopic (exact) mass is 270 g/mol. The van der Waals surface area contributed by atoms with Crippen LogP contribution in [0.1, 0.15) is 28.8 Å². The SMILES string of the molecule is O=C1CCC(=O)C1C(=O)c1ccc(C(F)(F)F)cc1. The summed E-state index contributed by atoms with van der Waals surface area (Å²) in [4.78, 5) is 34.7. The van der Waals surface area contributed by atoms with Crippen LogP contribution in [0.25, 0.3) is 0 Å². The fourth-order valence-corrected chi connectivity index (χ4v) is 2.00. The Morgan fingerprint density at radius 3 is 1.89 bits per heavy atom. The van der Waals surface area contributed by atoms with Crippen molar-refractivity contribution in [3.63, 3.8) is 0 Å². The summed E-state index contributed by atoms with van der Waals surface area (Å²) in [5.41, 5.74) is -0.935. The van der Waals surface area contributed by atoms with Gasteiger partial charge in [-0.1, -0.05) is 12.1 Å². The van der Waals surface area contributed by atoms with Crippen molar-refractivity contribution in [1.29, 1.82) is 0 Å². The van der Waals surface area contributed by atoms with E-state index >= 15 is 0 Å². The fourth-order valence-electron chi connectivity index (χ4n) is 2.00. The van der Waals surface area contributed by atoms with Crippen LogP contribution in [0, 0.1) is 5.92 Å². The molecule has 1 fully saturated rings. The molecule has 1 aliphatic carbocycles. The Morgan fingerprint density at radius 1 is 1.00 bits per heavy atom. The molecule has 0 unspecified atom stereocenters. The molecule has 0 bridgehead atoms. The molecule has 0 atom stereocenters. The second kappa shape index (κ2) is 4.60. The molecule has 0 aromatic heterocycles. The van der Waals surface area contributed by atoms with Gasteiger partial charge in [0.15, 0.2) is 17.3 Å². The summed E-state index contributed by atoms with van der Waals surface area (Å²) >= 11 is 0. The number of benzene rings is 1. The van der Waals surface area contributed by atoms with Crippen LogP contribution >= 0.6 is 0 Å². The number of ketones is 3. The maximum atomic E-state index is 12.4. The minimum atomic E-state index is -4.49. The van der Waals surface area contributed by atoms with Crippen molar-refractivity contribution in [3.05, 3.63) is 35.4 Å². The Morgan fingerprint density at radius 2 is 1.47 bits per heavy atom. The van der Waals surface area contributed by atoms with Gasteiger partial charge in [0.25, 0.3) is 0 Å². The first-order valence-corrected chi connectivity index (χ1v) is 5.57. The molecule has 0 aliphatic heterocycles. The highest BCUT2D eigenvalue weighted by atomic mass is 19.4. The Hall–Kier alpha value is -1.98. The smallest absolute Gasteiger partial charge is 0.298 e. The Bertz CT molecular complexity index is 527. The van der Waals surface area contributed by atoms with E-state index < -0.39 is 35.0 Å². The third-order valence-electron chi connectivity index (χ3n) is 3.02. The topological polar surface area (TPSA) is 51.2 Å². The average Bonchev–Trinajstić information content (AvgIpc) is 2.67. The molecule has 19 heavy (non-hydrogen) atoms. The normalized spacial score (nSPS) is 17.0. The van der Waals surface area contributed by atoms with Crippen molar-refractivity contribution >= 4 is 17.3 Å². The molecule has 0 radical (unpaired) electrons. The van der Waals surface area contributed by atoms with Gasteiger partial charge < -0.3 is 0 Å². The first kappa shape index (κ1) is 13.5. The van der Waals surface area contributed by atoms with Crippen LogP contribution in [0.3, 0.4) is 0 Å².